The molecule has 0 saturated carbocycles. The van der Waals surface area contributed by atoms with E-state index in [1.54, 1.807) is 7.05 Å². The zero-order valence-corrected chi connectivity index (χ0v) is 16.2. The molecule has 1 aromatic carbocycles. The van der Waals surface area contributed by atoms with E-state index < -0.39 is 0 Å². The van der Waals surface area contributed by atoms with Crippen LogP contribution in [0.1, 0.15) is 55.7 Å². The Hall–Kier alpha value is -2.34. The van der Waals surface area contributed by atoms with Crippen molar-refractivity contribution in [3.63, 3.8) is 0 Å². The van der Waals surface area contributed by atoms with Crippen molar-refractivity contribution in [2.45, 2.75) is 52.8 Å². The number of aliphatic imine (C=N–C) groups is 1. The van der Waals surface area contributed by atoms with E-state index in [-0.39, 0.29) is 0 Å². The molecule has 6 nitrogen and oxygen atoms in total. The molecule has 0 fully saturated rings. The number of guanidine groups is 1. The number of ether oxygens (including phenoxy) is 1. The highest BCUT2D eigenvalue weighted by Gasteiger charge is 2.08. The van der Waals surface area contributed by atoms with E-state index in [4.69, 9.17) is 9.26 Å². The van der Waals surface area contributed by atoms with Crippen molar-refractivity contribution < 1.29 is 9.26 Å². The highest BCUT2D eigenvalue weighted by molar-refractivity contribution is 5.79. The van der Waals surface area contributed by atoms with Crippen molar-refractivity contribution in [3.05, 3.63) is 52.9 Å². The van der Waals surface area contributed by atoms with Crippen LogP contribution in [0.3, 0.4) is 0 Å². The van der Waals surface area contributed by atoms with Gasteiger partial charge in [-0.3, -0.25) is 4.99 Å². The van der Waals surface area contributed by atoms with E-state index in [0.29, 0.717) is 25.6 Å². The zero-order chi connectivity index (χ0) is 18.8. The van der Waals surface area contributed by atoms with Crippen LogP contribution in [0.4, 0.5) is 0 Å². The van der Waals surface area contributed by atoms with Crippen molar-refractivity contribution in [1.29, 1.82) is 0 Å². The molecule has 0 unspecified atom stereocenters. The fourth-order valence-corrected chi connectivity index (χ4v) is 2.45. The molecule has 26 heavy (non-hydrogen) atoms. The first-order chi connectivity index (χ1) is 12.6. The number of nitrogens with one attached hydrogen (secondary N) is 2. The van der Waals surface area contributed by atoms with E-state index in [1.807, 2.05) is 18.2 Å². The average Bonchev–Trinajstić information content (AvgIpc) is 3.12. The van der Waals surface area contributed by atoms with E-state index in [1.165, 1.54) is 11.1 Å². The van der Waals surface area contributed by atoms with Crippen LogP contribution in [0.15, 0.2) is 39.8 Å². The van der Waals surface area contributed by atoms with Crippen LogP contribution in [-0.2, 0) is 24.4 Å². The molecule has 0 atom stereocenters. The summed E-state index contributed by atoms with van der Waals surface area (Å²) in [5.41, 5.74) is 3.36. The summed E-state index contributed by atoms with van der Waals surface area (Å²) in [6.45, 7) is 8.93. The lowest BCUT2D eigenvalue weighted by Crippen LogP contribution is -2.36. The minimum atomic E-state index is 0.358. The van der Waals surface area contributed by atoms with Gasteiger partial charge in [0.15, 0.2) is 11.7 Å². The smallest absolute Gasteiger partial charge is 0.191 e. The van der Waals surface area contributed by atoms with Gasteiger partial charge in [0.25, 0.3) is 0 Å². The van der Waals surface area contributed by atoms with Crippen molar-refractivity contribution >= 4 is 5.96 Å². The van der Waals surface area contributed by atoms with Gasteiger partial charge in [-0.15, -0.1) is 0 Å². The summed E-state index contributed by atoms with van der Waals surface area (Å²) in [7, 11) is 1.76. The normalized spacial score (nSPS) is 11.8. The molecule has 1 heterocycles. The summed E-state index contributed by atoms with van der Waals surface area (Å²) in [6, 6.07) is 10.3. The van der Waals surface area contributed by atoms with Gasteiger partial charge in [-0.05, 0) is 23.5 Å². The molecule has 2 aromatic rings. The second-order valence-electron chi connectivity index (χ2n) is 6.47. The third-order valence-corrected chi connectivity index (χ3v) is 3.99. The Morgan fingerprint density at radius 1 is 1.19 bits per heavy atom. The maximum Gasteiger partial charge on any atom is 0.191 e. The van der Waals surface area contributed by atoms with Gasteiger partial charge in [-0.25, -0.2) is 0 Å². The Morgan fingerprint density at radius 3 is 2.58 bits per heavy atom. The molecule has 2 rings (SSSR count). The molecular weight excluding hydrogens is 328 g/mol. The predicted molar refractivity (Wildman–Crippen MR) is 104 cm³/mol. The van der Waals surface area contributed by atoms with Crippen LogP contribution in [-0.4, -0.2) is 24.8 Å². The van der Waals surface area contributed by atoms with Gasteiger partial charge in [0.1, 0.15) is 0 Å². The fourth-order valence-electron chi connectivity index (χ4n) is 2.45. The monoisotopic (exact) mass is 358 g/mol. The molecule has 0 aliphatic carbocycles. The Labute approximate surface area is 156 Å². The first-order valence-electron chi connectivity index (χ1n) is 9.18. The molecule has 0 amide bonds. The average molecular weight is 358 g/mol. The molecule has 6 heteroatoms. The molecular formula is C20H30N4O2. The molecule has 0 aliphatic rings. The molecule has 0 spiro atoms. The molecule has 0 radical (unpaired) electrons. The van der Waals surface area contributed by atoms with E-state index in [0.717, 1.165) is 30.4 Å². The van der Waals surface area contributed by atoms with Crippen molar-refractivity contribution in [2.24, 2.45) is 4.99 Å². The van der Waals surface area contributed by atoms with Crippen molar-refractivity contribution in [3.8, 4) is 0 Å². The molecule has 0 saturated heterocycles. The Kier molecular flexibility index (Phi) is 8.15. The van der Waals surface area contributed by atoms with Crippen LogP contribution >= 0.6 is 0 Å². The molecule has 142 valence electrons. The van der Waals surface area contributed by atoms with Crippen molar-refractivity contribution in [2.75, 3.05) is 13.7 Å². The van der Waals surface area contributed by atoms with Gasteiger partial charge in [-0.1, -0.05) is 50.2 Å². The SMILES string of the molecule is CCCOCc1ccccc1CNC(=NC)NCc1cc(C(C)C)no1. The van der Waals surface area contributed by atoms with Gasteiger partial charge in [0.2, 0.25) is 0 Å². The van der Waals surface area contributed by atoms with Gasteiger partial charge in [0.05, 0.1) is 18.8 Å². The van der Waals surface area contributed by atoms with Crippen LogP contribution < -0.4 is 10.6 Å². The van der Waals surface area contributed by atoms with Gasteiger partial charge >= 0.3 is 0 Å². The third-order valence-electron chi connectivity index (χ3n) is 3.99. The highest BCUT2D eigenvalue weighted by Crippen LogP contribution is 2.14. The number of benzene rings is 1. The molecule has 1 aromatic heterocycles. The van der Waals surface area contributed by atoms with Crippen LogP contribution in [0.2, 0.25) is 0 Å². The van der Waals surface area contributed by atoms with E-state index in [2.05, 4.69) is 53.7 Å². The second-order valence-corrected chi connectivity index (χ2v) is 6.47. The van der Waals surface area contributed by atoms with Crippen molar-refractivity contribution in [1.82, 2.24) is 15.8 Å². The van der Waals surface area contributed by atoms with Gasteiger partial charge in [0, 0.05) is 26.3 Å². The van der Waals surface area contributed by atoms with Crippen LogP contribution in [0.25, 0.3) is 0 Å². The number of aromatic nitrogens is 1. The standard InChI is InChI=1S/C20H30N4O2/c1-5-10-25-14-17-9-7-6-8-16(17)12-22-20(21-4)23-13-18-11-19(15(2)3)24-26-18/h6-9,11,15H,5,10,12-14H2,1-4H3,(H2,21,22,23). The summed E-state index contributed by atoms with van der Waals surface area (Å²) in [5.74, 6) is 1.87. The summed E-state index contributed by atoms with van der Waals surface area (Å²) in [4.78, 5) is 4.27. The van der Waals surface area contributed by atoms with Gasteiger partial charge < -0.3 is 19.9 Å². The summed E-state index contributed by atoms with van der Waals surface area (Å²) < 4.78 is 11.0. The lowest BCUT2D eigenvalue weighted by atomic mass is 10.1. The molecule has 2 N–H and O–H groups in total. The predicted octanol–water partition coefficient (Wildman–Crippen LogP) is 3.59. The first kappa shape index (κ1) is 20.0. The number of rotatable bonds is 9. The quantitative estimate of drug-likeness (QED) is 0.407. The minimum Gasteiger partial charge on any atom is -0.377 e. The Bertz CT molecular complexity index is 695. The van der Waals surface area contributed by atoms with E-state index in [9.17, 15) is 0 Å². The van der Waals surface area contributed by atoms with E-state index >= 15 is 0 Å². The summed E-state index contributed by atoms with van der Waals surface area (Å²) in [6.07, 6.45) is 1.02. The molecule has 0 aliphatic heterocycles. The van der Waals surface area contributed by atoms with Crippen LogP contribution in [0, 0.1) is 0 Å². The summed E-state index contributed by atoms with van der Waals surface area (Å²) in [5, 5.41) is 10.7. The topological polar surface area (TPSA) is 71.7 Å². The maximum atomic E-state index is 5.68. The lowest BCUT2D eigenvalue weighted by Gasteiger charge is -2.14. The second kappa shape index (κ2) is 10.6. The Balaban J connectivity index is 1.86. The van der Waals surface area contributed by atoms with Gasteiger partial charge in [-0.2, -0.15) is 0 Å². The minimum absolute atomic E-state index is 0.358. The third kappa shape index (κ3) is 6.19. The first-order valence-corrected chi connectivity index (χ1v) is 9.18. The lowest BCUT2D eigenvalue weighted by molar-refractivity contribution is 0.121. The fraction of sp³-hybridized carbons (Fsp3) is 0.500. The highest BCUT2D eigenvalue weighted by atomic mass is 16.5. The number of nitrogens with zero attached hydrogens (tertiary/aromatic N) is 2. The number of hydrogen-bond acceptors (Lipinski definition) is 4. The summed E-state index contributed by atoms with van der Waals surface area (Å²) >= 11 is 0. The number of hydrogen-bond donors (Lipinski definition) is 2. The van der Waals surface area contributed by atoms with Crippen LogP contribution in [0.5, 0.6) is 0 Å². The zero-order valence-electron chi connectivity index (χ0n) is 16.2. The molecule has 0 bridgehead atoms. The largest absolute Gasteiger partial charge is 0.377 e. The maximum absolute atomic E-state index is 5.68. The Morgan fingerprint density at radius 2 is 1.92 bits per heavy atom.